The van der Waals surface area contributed by atoms with Gasteiger partial charge in [-0.25, -0.2) is 13.8 Å². The Bertz CT molecular complexity index is 2100. The maximum absolute atomic E-state index is 15.6. The number of allylic oxidation sites excluding steroid dienone is 1. The molecule has 53 heavy (non-hydrogen) atoms. The molecule has 2 aliphatic rings. The van der Waals surface area contributed by atoms with Crippen LogP contribution in [0.25, 0.3) is 22.4 Å². The molecule has 2 saturated heterocycles. The Morgan fingerprint density at radius 2 is 1.72 bits per heavy atom. The molecule has 17 heteroatoms. The fourth-order valence-electron chi connectivity index (χ4n) is 7.03. The molecule has 1 atom stereocenters. The largest absolute Gasteiger partial charge is 0.399 e. The first-order valence-electron chi connectivity index (χ1n) is 17.1. The molecule has 0 radical (unpaired) electrons. The number of nitrogens with zero attached hydrogens (tertiary/aromatic N) is 7. The molecule has 2 fully saturated rings. The minimum atomic E-state index is -1.12. The summed E-state index contributed by atoms with van der Waals surface area (Å²) < 4.78 is 34.8. The van der Waals surface area contributed by atoms with Crippen LogP contribution in [0.3, 0.4) is 0 Å². The molecule has 4 aromatic rings. The lowest BCUT2D eigenvalue weighted by Gasteiger charge is -2.36. The number of halogens is 3. The first-order valence-corrected chi connectivity index (χ1v) is 17.5. The van der Waals surface area contributed by atoms with Gasteiger partial charge in [-0.05, 0) is 31.2 Å². The fourth-order valence-corrected chi connectivity index (χ4v) is 7.29. The SMILES string of the molecule is Cc1nn(C/C(N)=C/NN)cc1-c1ccc(-c2cnc(C(=O)Nc3ccc(C(=O)N4CCN(C(=O)C5CC[N+](C)(C)C5)CC4)c(Cl)c3)n2C)c(F)c1F. The number of piperazine rings is 1. The molecule has 0 aliphatic carbocycles. The number of likely N-dealkylation sites (tertiary alicyclic amines) is 1. The van der Waals surface area contributed by atoms with Gasteiger partial charge in [-0.3, -0.25) is 24.9 Å². The van der Waals surface area contributed by atoms with Gasteiger partial charge < -0.3 is 35.3 Å². The van der Waals surface area contributed by atoms with E-state index in [-0.39, 0.29) is 57.5 Å². The van der Waals surface area contributed by atoms with Crippen molar-refractivity contribution in [3.05, 3.63) is 88.4 Å². The standard InChI is InChI=1S/C36H42ClF2N11O3/c1-21-28(19-49(45-21)18-23(40)16-43-41)25-7-8-27(32(39)31(25)38)30-17-42-33(46(30)2)34(51)44-24-5-6-26(29(37)15-24)36(53)48-12-10-47(11-13-48)35(52)22-9-14-50(3,4)20-22/h5-8,15-17,19,22H,9-14,18,20H2,1-4H3,(H5-,40,41,42,43,44,51,53)/p+1. The molecular formula is C36H43ClF2N11O3+. The van der Waals surface area contributed by atoms with Crippen LogP contribution in [0.4, 0.5) is 14.5 Å². The van der Waals surface area contributed by atoms with Gasteiger partial charge in [0.25, 0.3) is 11.8 Å². The number of quaternary nitrogens is 1. The molecule has 0 spiro atoms. The van der Waals surface area contributed by atoms with Gasteiger partial charge in [-0.1, -0.05) is 17.7 Å². The number of carbonyl (C=O) groups is 3. The van der Waals surface area contributed by atoms with E-state index in [2.05, 4.69) is 34.9 Å². The molecule has 3 amide bonds. The highest BCUT2D eigenvalue weighted by molar-refractivity contribution is 6.34. The van der Waals surface area contributed by atoms with Crippen molar-refractivity contribution in [2.24, 2.45) is 24.5 Å². The number of benzene rings is 2. The highest BCUT2D eigenvalue weighted by Gasteiger charge is 2.38. The van der Waals surface area contributed by atoms with E-state index in [1.807, 2.05) is 4.90 Å². The number of nitrogens with two attached hydrogens (primary N) is 2. The van der Waals surface area contributed by atoms with Crippen LogP contribution in [0.5, 0.6) is 0 Å². The molecule has 2 aliphatic heterocycles. The molecule has 0 bridgehead atoms. The average Bonchev–Trinajstić information content (AvgIpc) is 3.80. The summed E-state index contributed by atoms with van der Waals surface area (Å²) in [5.74, 6) is 2.26. The van der Waals surface area contributed by atoms with Gasteiger partial charge in [-0.15, -0.1) is 0 Å². The van der Waals surface area contributed by atoms with Crippen LogP contribution in [0.1, 0.15) is 33.1 Å². The molecule has 280 valence electrons. The molecule has 1 unspecified atom stereocenters. The van der Waals surface area contributed by atoms with Crippen molar-refractivity contribution in [2.75, 3.05) is 58.7 Å². The summed E-state index contributed by atoms with van der Waals surface area (Å²) in [7, 11) is 5.78. The lowest BCUT2D eigenvalue weighted by atomic mass is 10.0. The summed E-state index contributed by atoms with van der Waals surface area (Å²) in [6.07, 6.45) is 5.11. The van der Waals surface area contributed by atoms with Crippen molar-refractivity contribution >= 4 is 35.0 Å². The highest BCUT2D eigenvalue weighted by Crippen LogP contribution is 2.33. The van der Waals surface area contributed by atoms with Crippen LogP contribution < -0.4 is 22.3 Å². The van der Waals surface area contributed by atoms with Crippen LogP contribution in [0.15, 0.2) is 54.6 Å². The van der Waals surface area contributed by atoms with Crippen LogP contribution in [-0.4, -0.2) is 105 Å². The number of nitrogens with one attached hydrogen (secondary N) is 2. The maximum atomic E-state index is 15.6. The van der Waals surface area contributed by atoms with E-state index in [1.54, 1.807) is 24.1 Å². The number of hydrogen-bond acceptors (Lipinski definition) is 8. The van der Waals surface area contributed by atoms with Gasteiger partial charge in [0.15, 0.2) is 17.5 Å². The van der Waals surface area contributed by atoms with E-state index in [4.69, 9.17) is 23.2 Å². The van der Waals surface area contributed by atoms with Gasteiger partial charge in [-0.2, -0.15) is 5.10 Å². The number of imidazole rings is 1. The molecule has 0 saturated carbocycles. The van der Waals surface area contributed by atoms with Crippen molar-refractivity contribution in [3.8, 4) is 22.4 Å². The number of rotatable bonds is 9. The number of amides is 3. The summed E-state index contributed by atoms with van der Waals surface area (Å²) in [6, 6.07) is 7.41. The summed E-state index contributed by atoms with van der Waals surface area (Å²) in [6.45, 7) is 5.36. The van der Waals surface area contributed by atoms with E-state index in [1.165, 1.54) is 53.0 Å². The Kier molecular flexibility index (Phi) is 10.6. The maximum Gasteiger partial charge on any atom is 0.291 e. The van der Waals surface area contributed by atoms with E-state index >= 15 is 8.78 Å². The second-order valence-electron chi connectivity index (χ2n) is 14.1. The van der Waals surface area contributed by atoms with Gasteiger partial charge in [0, 0.05) is 80.1 Å². The second-order valence-corrected chi connectivity index (χ2v) is 14.5. The van der Waals surface area contributed by atoms with E-state index in [0.29, 0.717) is 48.8 Å². The number of hydrazine groups is 1. The molecule has 6 rings (SSSR count). The van der Waals surface area contributed by atoms with Crippen LogP contribution >= 0.6 is 11.6 Å². The minimum Gasteiger partial charge on any atom is -0.399 e. The molecule has 4 heterocycles. The summed E-state index contributed by atoms with van der Waals surface area (Å²) >= 11 is 6.53. The Hall–Kier alpha value is -5.32. The number of hydrogen-bond donors (Lipinski definition) is 4. The molecule has 2 aromatic carbocycles. The molecule has 14 nitrogen and oxygen atoms in total. The Balaban J connectivity index is 1.10. The number of anilines is 1. The summed E-state index contributed by atoms with van der Waals surface area (Å²) in [5.41, 5.74) is 10.1. The van der Waals surface area contributed by atoms with Crippen LogP contribution in [0.2, 0.25) is 5.02 Å². The third kappa shape index (κ3) is 7.75. The normalized spacial score (nSPS) is 17.3. The Labute approximate surface area is 310 Å². The quantitative estimate of drug-likeness (QED) is 0.115. The molecular weight excluding hydrogens is 708 g/mol. The average molecular weight is 751 g/mol. The third-order valence-electron chi connectivity index (χ3n) is 9.88. The lowest BCUT2D eigenvalue weighted by molar-refractivity contribution is -0.878. The van der Waals surface area contributed by atoms with Gasteiger partial charge >= 0.3 is 0 Å². The van der Waals surface area contributed by atoms with Crippen molar-refractivity contribution in [1.29, 1.82) is 0 Å². The van der Waals surface area contributed by atoms with Gasteiger partial charge in [0.05, 0.1) is 67.8 Å². The van der Waals surface area contributed by atoms with Crippen molar-refractivity contribution in [3.63, 3.8) is 0 Å². The zero-order chi connectivity index (χ0) is 38.2. The summed E-state index contributed by atoms with van der Waals surface area (Å²) in [5, 5.41) is 7.19. The summed E-state index contributed by atoms with van der Waals surface area (Å²) in [4.78, 5) is 47.4. The van der Waals surface area contributed by atoms with Gasteiger partial charge in [0.2, 0.25) is 5.91 Å². The molecule has 6 N–H and O–H groups in total. The first kappa shape index (κ1) is 37.4. The number of aryl methyl sites for hydroxylation is 1. The topological polar surface area (TPSA) is 169 Å². The van der Waals surface area contributed by atoms with Crippen LogP contribution in [-0.2, 0) is 18.4 Å². The van der Waals surface area contributed by atoms with Gasteiger partial charge in [0.1, 0.15) is 0 Å². The van der Waals surface area contributed by atoms with Crippen molar-refractivity contribution in [1.82, 2.24) is 34.6 Å². The predicted octanol–water partition coefficient (Wildman–Crippen LogP) is 3.09. The Morgan fingerprint density at radius 1 is 1.04 bits per heavy atom. The Morgan fingerprint density at radius 3 is 2.38 bits per heavy atom. The van der Waals surface area contributed by atoms with E-state index < -0.39 is 17.5 Å². The van der Waals surface area contributed by atoms with Crippen molar-refractivity contribution in [2.45, 2.75) is 19.9 Å². The predicted molar refractivity (Wildman–Crippen MR) is 196 cm³/mol. The first-order chi connectivity index (χ1) is 25.2. The smallest absolute Gasteiger partial charge is 0.291 e. The molecule has 2 aromatic heterocycles. The second kappa shape index (κ2) is 15.0. The fraction of sp³-hybridized carbons (Fsp3) is 0.361. The highest BCUT2D eigenvalue weighted by atomic mass is 35.5. The van der Waals surface area contributed by atoms with Crippen LogP contribution in [0, 0.1) is 24.5 Å². The van der Waals surface area contributed by atoms with Crippen molar-refractivity contribution < 1.29 is 27.6 Å². The van der Waals surface area contributed by atoms with E-state index in [0.717, 1.165) is 24.0 Å². The zero-order valence-electron chi connectivity index (χ0n) is 30.0. The lowest BCUT2D eigenvalue weighted by Crippen LogP contribution is -2.52. The monoisotopic (exact) mass is 750 g/mol. The van der Waals surface area contributed by atoms with E-state index in [9.17, 15) is 14.4 Å². The minimum absolute atomic E-state index is 0.00811. The zero-order valence-corrected chi connectivity index (χ0v) is 30.8. The third-order valence-corrected chi connectivity index (χ3v) is 10.2. The number of aromatic nitrogens is 4. The number of carbonyl (C=O) groups excluding carboxylic acids is 3.